The summed E-state index contributed by atoms with van der Waals surface area (Å²) >= 11 is 0. The summed E-state index contributed by atoms with van der Waals surface area (Å²) in [5.41, 5.74) is 0. The van der Waals surface area contributed by atoms with Crippen molar-refractivity contribution in [1.29, 1.82) is 0 Å². The minimum absolute atomic E-state index is 0. The Morgan fingerprint density at radius 1 is 0.688 bits per heavy atom. The van der Waals surface area contributed by atoms with Crippen LogP contribution < -0.4 is 0 Å². The molecule has 0 heterocycles. The average molecular weight is 311 g/mol. The van der Waals surface area contributed by atoms with Gasteiger partial charge in [-0.25, -0.2) is 0 Å². The van der Waals surface area contributed by atoms with Gasteiger partial charge in [0.25, 0.3) is 0 Å². The molecule has 0 aromatic carbocycles. The molecule has 0 spiro atoms. The van der Waals surface area contributed by atoms with Crippen LogP contribution in [0.25, 0.3) is 0 Å². The van der Waals surface area contributed by atoms with Gasteiger partial charge in [0.05, 0.1) is 0 Å². The molecular formula is C10H20O5Zr. The molecule has 0 unspecified atom stereocenters. The number of carbonyl (C=O) groups is 2. The van der Waals surface area contributed by atoms with Crippen molar-refractivity contribution in [3.05, 3.63) is 0 Å². The van der Waals surface area contributed by atoms with E-state index in [1.54, 1.807) is 0 Å². The van der Waals surface area contributed by atoms with Crippen molar-refractivity contribution in [2.75, 3.05) is 0 Å². The van der Waals surface area contributed by atoms with Crippen LogP contribution in [0.15, 0.2) is 0 Å². The van der Waals surface area contributed by atoms with Crippen molar-refractivity contribution in [3.63, 3.8) is 0 Å². The monoisotopic (exact) mass is 310 g/mol. The van der Waals surface area contributed by atoms with Crippen LogP contribution in [0.3, 0.4) is 0 Å². The maximum atomic E-state index is 10.1. The van der Waals surface area contributed by atoms with Crippen LogP contribution in [0.1, 0.15) is 51.4 Å². The van der Waals surface area contributed by atoms with Crippen molar-refractivity contribution in [2.45, 2.75) is 51.4 Å². The van der Waals surface area contributed by atoms with E-state index in [4.69, 9.17) is 10.2 Å². The van der Waals surface area contributed by atoms with Gasteiger partial charge in [0.2, 0.25) is 0 Å². The topological polar surface area (TPSA) is 106 Å². The number of carboxylic acid groups (broad SMARTS) is 2. The number of rotatable bonds is 9. The summed E-state index contributed by atoms with van der Waals surface area (Å²) in [6.45, 7) is 0. The Balaban J connectivity index is -0.000000845. The standard InChI is InChI=1S/C10H18O4.H2O.Zr/c11-9(12)7-5-3-1-2-4-6-8-10(13)14;;/h1-8H2,(H,11,12)(H,13,14);1H2;. The molecule has 0 aromatic rings. The summed E-state index contributed by atoms with van der Waals surface area (Å²) in [6, 6.07) is 0. The second kappa shape index (κ2) is 14.8. The van der Waals surface area contributed by atoms with E-state index in [1.807, 2.05) is 0 Å². The van der Waals surface area contributed by atoms with Crippen LogP contribution in [-0.2, 0) is 35.8 Å². The van der Waals surface area contributed by atoms with Crippen LogP contribution in [0.4, 0.5) is 0 Å². The van der Waals surface area contributed by atoms with E-state index in [9.17, 15) is 9.59 Å². The molecule has 0 amide bonds. The molecule has 0 saturated heterocycles. The molecule has 0 rings (SSSR count). The van der Waals surface area contributed by atoms with Crippen LogP contribution >= 0.6 is 0 Å². The molecule has 0 radical (unpaired) electrons. The smallest absolute Gasteiger partial charge is 0.303 e. The predicted octanol–water partition coefficient (Wildman–Crippen LogP) is 1.45. The Morgan fingerprint density at radius 3 is 1.19 bits per heavy atom. The summed E-state index contributed by atoms with van der Waals surface area (Å²) in [7, 11) is 0. The summed E-state index contributed by atoms with van der Waals surface area (Å²) in [5.74, 6) is -1.48. The number of carboxylic acids is 2. The van der Waals surface area contributed by atoms with Gasteiger partial charge in [-0.3, -0.25) is 9.59 Å². The van der Waals surface area contributed by atoms with Gasteiger partial charge in [0.1, 0.15) is 0 Å². The molecule has 0 saturated carbocycles. The number of hydrogen-bond donors (Lipinski definition) is 2. The number of hydrogen-bond acceptors (Lipinski definition) is 2. The zero-order valence-electron chi connectivity index (χ0n) is 9.37. The molecule has 0 aromatic heterocycles. The van der Waals surface area contributed by atoms with E-state index in [2.05, 4.69) is 0 Å². The molecule has 4 N–H and O–H groups in total. The fourth-order valence-corrected chi connectivity index (χ4v) is 1.26. The van der Waals surface area contributed by atoms with Gasteiger partial charge in [0, 0.05) is 39.0 Å². The van der Waals surface area contributed by atoms with Gasteiger partial charge >= 0.3 is 11.9 Å². The SMILES string of the molecule is O.O=C(O)CCCCCCCCC(=O)O.[Zr]. The van der Waals surface area contributed by atoms with Crippen LogP contribution in [0.5, 0.6) is 0 Å². The Bertz CT molecular complexity index is 164. The maximum Gasteiger partial charge on any atom is 0.303 e. The Kier molecular flexibility index (Phi) is 19.5. The summed E-state index contributed by atoms with van der Waals surface area (Å²) in [5, 5.41) is 16.7. The Morgan fingerprint density at radius 2 is 0.938 bits per heavy atom. The number of aliphatic carboxylic acids is 2. The first-order chi connectivity index (χ1) is 6.63. The normalized spacial score (nSPS) is 8.75. The van der Waals surface area contributed by atoms with Crippen molar-refractivity contribution in [3.8, 4) is 0 Å². The molecule has 6 heteroatoms. The zero-order chi connectivity index (χ0) is 10.8. The fraction of sp³-hybridized carbons (Fsp3) is 0.800. The minimum Gasteiger partial charge on any atom is -0.481 e. The van der Waals surface area contributed by atoms with Gasteiger partial charge in [-0.1, -0.05) is 25.7 Å². The third-order valence-electron chi connectivity index (χ3n) is 2.03. The average Bonchev–Trinajstić information content (AvgIpc) is 2.08. The molecule has 5 nitrogen and oxygen atoms in total. The molecule has 0 fully saturated rings. The van der Waals surface area contributed by atoms with E-state index in [0.29, 0.717) is 0 Å². The van der Waals surface area contributed by atoms with Crippen LogP contribution in [0.2, 0.25) is 0 Å². The molecule has 94 valence electrons. The van der Waals surface area contributed by atoms with Crippen molar-refractivity contribution in [1.82, 2.24) is 0 Å². The Labute approximate surface area is 115 Å². The van der Waals surface area contributed by atoms with Crippen molar-refractivity contribution in [2.24, 2.45) is 0 Å². The fourth-order valence-electron chi connectivity index (χ4n) is 1.26. The summed E-state index contributed by atoms with van der Waals surface area (Å²) < 4.78 is 0. The van der Waals surface area contributed by atoms with Crippen molar-refractivity contribution < 1.29 is 51.5 Å². The van der Waals surface area contributed by atoms with Gasteiger partial charge in [0.15, 0.2) is 0 Å². The first kappa shape index (κ1) is 21.1. The minimum atomic E-state index is -0.740. The first-order valence-corrected chi connectivity index (χ1v) is 5.06. The molecule has 0 bridgehead atoms. The third-order valence-corrected chi connectivity index (χ3v) is 2.03. The second-order valence-corrected chi connectivity index (χ2v) is 3.41. The molecule has 0 aliphatic carbocycles. The molecule has 0 atom stereocenters. The van der Waals surface area contributed by atoms with E-state index >= 15 is 0 Å². The first-order valence-electron chi connectivity index (χ1n) is 5.06. The van der Waals surface area contributed by atoms with Gasteiger partial charge in [-0.2, -0.15) is 0 Å². The van der Waals surface area contributed by atoms with E-state index in [1.165, 1.54) is 0 Å². The van der Waals surface area contributed by atoms with E-state index in [0.717, 1.165) is 38.5 Å². The third kappa shape index (κ3) is 19.4. The molecular weight excluding hydrogens is 291 g/mol. The van der Waals surface area contributed by atoms with E-state index in [-0.39, 0.29) is 44.5 Å². The molecule has 0 aliphatic rings. The second-order valence-electron chi connectivity index (χ2n) is 3.41. The van der Waals surface area contributed by atoms with Crippen LogP contribution in [0, 0.1) is 0 Å². The van der Waals surface area contributed by atoms with Gasteiger partial charge < -0.3 is 15.7 Å². The van der Waals surface area contributed by atoms with Crippen molar-refractivity contribution >= 4 is 11.9 Å². The summed E-state index contributed by atoms with van der Waals surface area (Å²) in [6.07, 6.45) is 5.82. The maximum absolute atomic E-state index is 10.1. The Hall–Kier alpha value is -0.217. The van der Waals surface area contributed by atoms with Crippen LogP contribution in [-0.4, -0.2) is 27.6 Å². The zero-order valence-corrected chi connectivity index (χ0v) is 11.8. The largest absolute Gasteiger partial charge is 0.481 e. The van der Waals surface area contributed by atoms with Gasteiger partial charge in [-0.05, 0) is 12.8 Å². The molecule has 16 heavy (non-hydrogen) atoms. The van der Waals surface area contributed by atoms with Gasteiger partial charge in [-0.15, -0.1) is 0 Å². The summed E-state index contributed by atoms with van der Waals surface area (Å²) in [4.78, 5) is 20.3. The predicted molar refractivity (Wildman–Crippen MR) is 55.8 cm³/mol. The number of unbranched alkanes of at least 4 members (excludes halogenated alkanes) is 5. The quantitative estimate of drug-likeness (QED) is 0.628. The van der Waals surface area contributed by atoms with E-state index < -0.39 is 11.9 Å². The molecule has 0 aliphatic heterocycles.